The van der Waals surface area contributed by atoms with Gasteiger partial charge in [0, 0.05) is 18.8 Å². The van der Waals surface area contributed by atoms with Gasteiger partial charge in [0.25, 0.3) is 0 Å². The Labute approximate surface area is 92.5 Å². The normalized spacial score (nSPS) is 16.1. The third-order valence-electron chi connectivity index (χ3n) is 1.95. The average Bonchev–Trinajstić information content (AvgIpc) is 2.17. The first-order valence-corrected chi connectivity index (χ1v) is 6.98. The minimum absolute atomic E-state index is 0.295. The molecule has 1 atom stereocenters. The van der Waals surface area contributed by atoms with Gasteiger partial charge in [-0.3, -0.25) is 9.55 Å². The molecule has 0 fully saturated rings. The van der Waals surface area contributed by atoms with Crippen molar-refractivity contribution in [2.75, 3.05) is 0 Å². The van der Waals surface area contributed by atoms with Crippen molar-refractivity contribution in [3.63, 3.8) is 0 Å². The van der Waals surface area contributed by atoms with Crippen LogP contribution in [0.5, 0.6) is 0 Å². The topological polar surface area (TPSA) is 131 Å². The molecule has 0 aromatic carbocycles. The van der Waals surface area contributed by atoms with E-state index in [2.05, 4.69) is 4.98 Å². The zero-order valence-electron chi connectivity index (χ0n) is 8.00. The summed E-state index contributed by atoms with van der Waals surface area (Å²) in [4.78, 5) is 39.4. The molecule has 0 bridgehead atoms. The first-order chi connectivity index (χ1) is 7.27. The monoisotopic (exact) mass is 267 g/mol. The standard InChI is InChI=1S/C7H11NO6P2/c9-7(15(10)11,16(12,13)14)4-6-2-1-3-8-5-6/h1-3,5,9-11H,4H2,(H2,12,13,14). The predicted octanol–water partition coefficient (Wildman–Crippen LogP) is -0.256. The molecule has 0 saturated carbocycles. The van der Waals surface area contributed by atoms with Gasteiger partial charge in [0.2, 0.25) is 13.5 Å². The highest BCUT2D eigenvalue weighted by Gasteiger charge is 2.52. The van der Waals surface area contributed by atoms with Crippen molar-refractivity contribution in [3.8, 4) is 0 Å². The van der Waals surface area contributed by atoms with Crippen LogP contribution in [0, 0.1) is 0 Å². The summed E-state index contributed by atoms with van der Waals surface area (Å²) < 4.78 is 11.0. The number of pyridine rings is 1. The molecule has 7 nitrogen and oxygen atoms in total. The van der Waals surface area contributed by atoms with Crippen molar-refractivity contribution in [2.24, 2.45) is 0 Å². The largest absolute Gasteiger partial charge is 0.370 e. The van der Waals surface area contributed by atoms with Crippen LogP contribution in [0.3, 0.4) is 0 Å². The second-order valence-corrected chi connectivity index (χ2v) is 6.65. The van der Waals surface area contributed by atoms with Gasteiger partial charge in [-0.15, -0.1) is 0 Å². The first-order valence-electron chi connectivity index (χ1n) is 4.12. The molecule has 9 heteroatoms. The van der Waals surface area contributed by atoms with Gasteiger partial charge in [0.05, 0.1) is 0 Å². The quantitative estimate of drug-likeness (QED) is 0.475. The van der Waals surface area contributed by atoms with E-state index >= 15 is 0 Å². The van der Waals surface area contributed by atoms with Crippen LogP contribution in [-0.4, -0.2) is 34.7 Å². The van der Waals surface area contributed by atoms with Crippen molar-refractivity contribution in [3.05, 3.63) is 30.1 Å². The summed E-state index contributed by atoms with van der Waals surface area (Å²) in [6.45, 7) is 0. The Kier molecular flexibility index (Phi) is 4.15. The summed E-state index contributed by atoms with van der Waals surface area (Å²) >= 11 is 0. The Hall–Kier alpha value is -0.390. The van der Waals surface area contributed by atoms with Crippen LogP contribution in [0.4, 0.5) is 0 Å². The van der Waals surface area contributed by atoms with E-state index in [-0.39, 0.29) is 0 Å². The third kappa shape index (κ3) is 2.84. The highest BCUT2D eigenvalue weighted by atomic mass is 31.2. The molecule has 1 heterocycles. The Bertz CT molecular complexity index is 393. The van der Waals surface area contributed by atoms with Gasteiger partial charge in [-0.1, -0.05) is 6.07 Å². The fraction of sp³-hybridized carbons (Fsp3) is 0.286. The van der Waals surface area contributed by atoms with Crippen LogP contribution >= 0.6 is 16.0 Å². The summed E-state index contributed by atoms with van der Waals surface area (Å²) in [5.41, 5.74) is 0.295. The van der Waals surface area contributed by atoms with E-state index in [0.717, 1.165) is 0 Å². The molecule has 5 N–H and O–H groups in total. The highest BCUT2D eigenvalue weighted by molar-refractivity contribution is 7.69. The Morgan fingerprint density at radius 1 is 1.44 bits per heavy atom. The molecule has 1 unspecified atom stereocenters. The molecule has 16 heavy (non-hydrogen) atoms. The van der Waals surface area contributed by atoms with E-state index in [4.69, 9.17) is 19.6 Å². The number of hydrogen-bond donors (Lipinski definition) is 5. The lowest BCUT2D eigenvalue weighted by Gasteiger charge is -2.29. The zero-order valence-corrected chi connectivity index (χ0v) is 9.79. The van der Waals surface area contributed by atoms with Crippen molar-refractivity contribution in [1.29, 1.82) is 0 Å². The Morgan fingerprint density at radius 3 is 2.44 bits per heavy atom. The molecule has 0 saturated heterocycles. The first kappa shape index (κ1) is 13.7. The summed E-state index contributed by atoms with van der Waals surface area (Å²) in [5, 5.41) is 6.76. The molecule has 1 aromatic rings. The van der Waals surface area contributed by atoms with Crippen molar-refractivity contribution in [2.45, 2.75) is 11.5 Å². The van der Waals surface area contributed by atoms with Crippen LogP contribution in [0.2, 0.25) is 0 Å². The molecule has 0 aliphatic rings. The molecule has 0 radical (unpaired) electrons. The minimum Gasteiger partial charge on any atom is -0.370 e. The second-order valence-electron chi connectivity index (χ2n) is 3.15. The van der Waals surface area contributed by atoms with Crippen LogP contribution in [-0.2, 0) is 11.0 Å². The van der Waals surface area contributed by atoms with E-state index in [1.54, 1.807) is 0 Å². The van der Waals surface area contributed by atoms with Gasteiger partial charge in [-0.2, -0.15) is 0 Å². The molecule has 1 aromatic heterocycles. The van der Waals surface area contributed by atoms with Crippen molar-refractivity contribution < 1.29 is 29.2 Å². The van der Waals surface area contributed by atoms with Gasteiger partial charge < -0.3 is 24.7 Å². The summed E-state index contributed by atoms with van der Waals surface area (Å²) in [5.74, 6) is 0. The molecular weight excluding hydrogens is 256 g/mol. The highest BCUT2D eigenvalue weighted by Crippen LogP contribution is 2.64. The Morgan fingerprint density at radius 2 is 2.06 bits per heavy atom. The van der Waals surface area contributed by atoms with E-state index in [1.807, 2.05) is 0 Å². The van der Waals surface area contributed by atoms with Gasteiger partial charge in [-0.05, 0) is 11.6 Å². The van der Waals surface area contributed by atoms with Crippen LogP contribution in [0.25, 0.3) is 0 Å². The van der Waals surface area contributed by atoms with Crippen LogP contribution in [0.1, 0.15) is 5.56 Å². The molecule has 0 amide bonds. The fourth-order valence-electron chi connectivity index (χ4n) is 1.07. The van der Waals surface area contributed by atoms with Crippen molar-refractivity contribution in [1.82, 2.24) is 4.98 Å². The lowest BCUT2D eigenvalue weighted by atomic mass is 10.2. The second kappa shape index (κ2) is 4.85. The molecule has 0 aliphatic carbocycles. The number of rotatable bonds is 4. The maximum Gasteiger partial charge on any atom is 0.366 e. The molecule has 1 rings (SSSR count). The lowest BCUT2D eigenvalue weighted by Crippen LogP contribution is -2.29. The SMILES string of the molecule is O=P(O)(O)C(O)(Cc1cccnc1)P(O)O. The fourth-order valence-corrected chi connectivity index (χ4v) is 2.71. The van der Waals surface area contributed by atoms with Crippen LogP contribution < -0.4 is 0 Å². The molecule has 90 valence electrons. The predicted molar refractivity (Wildman–Crippen MR) is 56.3 cm³/mol. The summed E-state index contributed by atoms with van der Waals surface area (Å²) in [7, 11) is -8.25. The Balaban J connectivity index is 3.03. The van der Waals surface area contributed by atoms with E-state index in [9.17, 15) is 9.67 Å². The number of aliphatic hydroxyl groups is 1. The minimum atomic E-state index is -5.05. The smallest absolute Gasteiger partial charge is 0.366 e. The van der Waals surface area contributed by atoms with Crippen molar-refractivity contribution >= 4 is 16.0 Å². The number of nitrogens with zero attached hydrogens (tertiary/aromatic N) is 1. The van der Waals surface area contributed by atoms with Gasteiger partial charge in [0.1, 0.15) is 0 Å². The molecule has 0 aliphatic heterocycles. The summed E-state index contributed by atoms with van der Waals surface area (Å²) in [6.07, 6.45) is 2.14. The molecule has 0 spiro atoms. The van der Waals surface area contributed by atoms with Crippen LogP contribution in [0.15, 0.2) is 24.5 Å². The maximum absolute atomic E-state index is 11.0. The zero-order chi connectivity index (χ0) is 12.4. The number of aromatic nitrogens is 1. The van der Waals surface area contributed by atoms with E-state index in [0.29, 0.717) is 5.56 Å². The molecular formula is C7H11NO6P2. The lowest BCUT2D eigenvalue weighted by molar-refractivity contribution is 0.147. The third-order valence-corrected chi connectivity index (χ3v) is 5.16. The van der Waals surface area contributed by atoms with Gasteiger partial charge in [0.15, 0.2) is 0 Å². The van der Waals surface area contributed by atoms with Gasteiger partial charge >= 0.3 is 7.60 Å². The summed E-state index contributed by atoms with van der Waals surface area (Å²) in [6, 6.07) is 2.97. The van der Waals surface area contributed by atoms with Gasteiger partial charge in [-0.25, -0.2) is 0 Å². The van der Waals surface area contributed by atoms with E-state index < -0.39 is 27.5 Å². The average molecular weight is 267 g/mol. The number of hydrogen-bond acceptors (Lipinski definition) is 5. The maximum atomic E-state index is 11.0. The van der Waals surface area contributed by atoms with E-state index in [1.165, 1.54) is 24.5 Å².